The summed E-state index contributed by atoms with van der Waals surface area (Å²) in [7, 11) is 3.38. The molecule has 1 atom stereocenters. The molecule has 0 N–H and O–H groups in total. The van der Waals surface area contributed by atoms with Crippen LogP contribution in [0.1, 0.15) is 58.0 Å². The fourth-order valence-electron chi connectivity index (χ4n) is 3.68. The minimum absolute atomic E-state index is 0.0863. The molecule has 27 heavy (non-hydrogen) atoms. The second kappa shape index (κ2) is 7.84. The number of ether oxygens (including phenoxy) is 2. The van der Waals surface area contributed by atoms with Gasteiger partial charge in [0, 0.05) is 5.56 Å². The van der Waals surface area contributed by atoms with E-state index in [4.69, 9.17) is 9.47 Å². The maximum Gasteiger partial charge on any atom is 0.173 e. The van der Waals surface area contributed by atoms with E-state index < -0.39 is 0 Å². The number of piperidine rings is 1. The predicted octanol–water partition coefficient (Wildman–Crippen LogP) is 3.27. The number of aromatic nitrogens is 4. The van der Waals surface area contributed by atoms with Crippen molar-refractivity contribution in [3.8, 4) is 11.5 Å². The highest BCUT2D eigenvalue weighted by Crippen LogP contribution is 2.38. The molecule has 0 saturated carbocycles. The molecule has 0 aliphatic carbocycles. The van der Waals surface area contributed by atoms with Gasteiger partial charge in [0.1, 0.15) is 17.5 Å². The normalized spacial score (nSPS) is 17.7. The fourth-order valence-corrected chi connectivity index (χ4v) is 3.68. The van der Waals surface area contributed by atoms with Gasteiger partial charge in [0.15, 0.2) is 5.82 Å². The summed E-state index contributed by atoms with van der Waals surface area (Å²) in [5.41, 5.74) is 0.818. The molecule has 1 aromatic heterocycles. The van der Waals surface area contributed by atoms with Gasteiger partial charge >= 0.3 is 0 Å². The van der Waals surface area contributed by atoms with E-state index in [0.717, 1.165) is 41.9 Å². The SMILES string of the molecule is COc1ccc(OC)c(C(c2nnnn2C(C)(C)C)N2CCC(C)CC2)c1. The number of rotatable bonds is 5. The summed E-state index contributed by atoms with van der Waals surface area (Å²) in [4.78, 5) is 2.46. The van der Waals surface area contributed by atoms with Crippen LogP contribution < -0.4 is 9.47 Å². The number of benzene rings is 1. The zero-order valence-electron chi connectivity index (χ0n) is 17.3. The van der Waals surface area contributed by atoms with Gasteiger partial charge in [-0.05, 0) is 81.2 Å². The van der Waals surface area contributed by atoms with Crippen molar-refractivity contribution in [3.63, 3.8) is 0 Å². The molecular formula is C20H31N5O2. The van der Waals surface area contributed by atoms with E-state index in [1.165, 1.54) is 12.8 Å². The number of tetrazole rings is 1. The standard InChI is InChI=1S/C20H31N5O2/c1-14-9-11-24(12-10-14)18(19-21-22-23-25(19)20(2,3)4)16-13-15(26-5)7-8-17(16)27-6/h7-8,13-14,18H,9-12H2,1-6H3. The van der Waals surface area contributed by atoms with Crippen molar-refractivity contribution in [2.45, 2.75) is 52.1 Å². The molecular weight excluding hydrogens is 342 g/mol. The molecule has 0 bridgehead atoms. The monoisotopic (exact) mass is 373 g/mol. The zero-order chi connectivity index (χ0) is 19.6. The minimum Gasteiger partial charge on any atom is -0.497 e. The van der Waals surface area contributed by atoms with Gasteiger partial charge in [0.2, 0.25) is 0 Å². The number of hydrogen-bond acceptors (Lipinski definition) is 6. The molecule has 3 rings (SSSR count). The van der Waals surface area contributed by atoms with Crippen molar-refractivity contribution < 1.29 is 9.47 Å². The molecule has 1 unspecified atom stereocenters. The van der Waals surface area contributed by atoms with Gasteiger partial charge in [0.05, 0.1) is 19.8 Å². The first kappa shape index (κ1) is 19.6. The Bertz CT molecular complexity index is 760. The van der Waals surface area contributed by atoms with Crippen molar-refractivity contribution in [1.29, 1.82) is 0 Å². The van der Waals surface area contributed by atoms with Gasteiger partial charge in [-0.25, -0.2) is 4.68 Å². The van der Waals surface area contributed by atoms with E-state index in [0.29, 0.717) is 0 Å². The van der Waals surface area contributed by atoms with Crippen LogP contribution in [0.25, 0.3) is 0 Å². The Morgan fingerprint density at radius 2 is 1.81 bits per heavy atom. The van der Waals surface area contributed by atoms with E-state index in [-0.39, 0.29) is 11.6 Å². The average molecular weight is 374 g/mol. The molecule has 0 amide bonds. The van der Waals surface area contributed by atoms with Gasteiger partial charge in [0.25, 0.3) is 0 Å². The van der Waals surface area contributed by atoms with Crippen LogP contribution in [0.15, 0.2) is 18.2 Å². The first-order valence-electron chi connectivity index (χ1n) is 9.60. The first-order chi connectivity index (χ1) is 12.8. The molecule has 2 aromatic rings. The highest BCUT2D eigenvalue weighted by atomic mass is 16.5. The van der Waals surface area contributed by atoms with E-state index in [9.17, 15) is 0 Å². The van der Waals surface area contributed by atoms with Crippen LogP contribution in [-0.4, -0.2) is 52.4 Å². The highest BCUT2D eigenvalue weighted by Gasteiger charge is 2.34. The van der Waals surface area contributed by atoms with Gasteiger partial charge in [-0.15, -0.1) is 5.10 Å². The molecule has 7 nitrogen and oxygen atoms in total. The van der Waals surface area contributed by atoms with Crippen LogP contribution in [0.2, 0.25) is 0 Å². The Hall–Kier alpha value is -2.15. The second-order valence-corrected chi connectivity index (χ2v) is 8.35. The number of nitrogens with zero attached hydrogens (tertiary/aromatic N) is 5. The maximum atomic E-state index is 5.70. The summed E-state index contributed by atoms with van der Waals surface area (Å²) in [6.45, 7) is 10.7. The van der Waals surface area contributed by atoms with Crippen molar-refractivity contribution in [2.75, 3.05) is 27.3 Å². The van der Waals surface area contributed by atoms with Crippen molar-refractivity contribution in [1.82, 2.24) is 25.1 Å². The van der Waals surface area contributed by atoms with Gasteiger partial charge in [-0.1, -0.05) is 6.92 Å². The lowest BCUT2D eigenvalue weighted by Crippen LogP contribution is -2.39. The molecule has 148 valence electrons. The van der Waals surface area contributed by atoms with E-state index in [1.807, 2.05) is 22.9 Å². The van der Waals surface area contributed by atoms with E-state index in [2.05, 4.69) is 48.1 Å². The molecule has 0 spiro atoms. The lowest BCUT2D eigenvalue weighted by Gasteiger charge is -2.37. The van der Waals surface area contributed by atoms with Crippen LogP contribution in [0, 0.1) is 5.92 Å². The maximum absolute atomic E-state index is 5.70. The van der Waals surface area contributed by atoms with Crippen LogP contribution in [0.5, 0.6) is 11.5 Å². The van der Waals surface area contributed by atoms with Gasteiger partial charge in [-0.2, -0.15) is 0 Å². The molecule has 0 radical (unpaired) electrons. The van der Waals surface area contributed by atoms with E-state index in [1.54, 1.807) is 14.2 Å². The Labute approximate surface area is 161 Å². The lowest BCUT2D eigenvalue weighted by atomic mass is 9.94. The largest absolute Gasteiger partial charge is 0.497 e. The minimum atomic E-state index is -0.216. The van der Waals surface area contributed by atoms with Gasteiger partial charge < -0.3 is 9.47 Å². The lowest BCUT2D eigenvalue weighted by molar-refractivity contribution is 0.143. The highest BCUT2D eigenvalue weighted by molar-refractivity contribution is 5.44. The molecule has 1 saturated heterocycles. The summed E-state index contributed by atoms with van der Waals surface area (Å²) < 4.78 is 13.1. The van der Waals surface area contributed by atoms with Crippen molar-refractivity contribution in [3.05, 3.63) is 29.6 Å². The molecule has 1 aliphatic rings. The summed E-state index contributed by atoms with van der Waals surface area (Å²) in [6.07, 6.45) is 2.33. The third kappa shape index (κ3) is 4.08. The summed E-state index contributed by atoms with van der Waals surface area (Å²) >= 11 is 0. The fraction of sp³-hybridized carbons (Fsp3) is 0.650. The Morgan fingerprint density at radius 3 is 2.41 bits per heavy atom. The quantitative estimate of drug-likeness (QED) is 0.801. The summed E-state index contributed by atoms with van der Waals surface area (Å²) in [5.74, 6) is 3.20. The second-order valence-electron chi connectivity index (χ2n) is 8.35. The molecule has 2 heterocycles. The topological polar surface area (TPSA) is 65.3 Å². The molecule has 1 aliphatic heterocycles. The van der Waals surface area contributed by atoms with Crippen LogP contribution in [0.3, 0.4) is 0 Å². The third-order valence-corrected chi connectivity index (χ3v) is 5.29. The molecule has 1 fully saturated rings. The Morgan fingerprint density at radius 1 is 1.11 bits per heavy atom. The summed E-state index contributed by atoms with van der Waals surface area (Å²) in [5, 5.41) is 12.8. The predicted molar refractivity (Wildman–Crippen MR) is 104 cm³/mol. The Kier molecular flexibility index (Phi) is 5.69. The zero-order valence-corrected chi connectivity index (χ0v) is 17.3. The number of methoxy groups -OCH3 is 2. The molecule has 1 aromatic carbocycles. The van der Waals surface area contributed by atoms with Crippen LogP contribution >= 0.6 is 0 Å². The van der Waals surface area contributed by atoms with Crippen molar-refractivity contribution >= 4 is 0 Å². The number of likely N-dealkylation sites (tertiary alicyclic amines) is 1. The van der Waals surface area contributed by atoms with Crippen LogP contribution in [-0.2, 0) is 5.54 Å². The molecule has 7 heteroatoms. The Balaban J connectivity index is 2.13. The smallest absolute Gasteiger partial charge is 0.173 e. The average Bonchev–Trinajstić information content (AvgIpc) is 3.13. The van der Waals surface area contributed by atoms with Crippen LogP contribution in [0.4, 0.5) is 0 Å². The van der Waals surface area contributed by atoms with Crippen molar-refractivity contribution in [2.24, 2.45) is 5.92 Å². The first-order valence-corrected chi connectivity index (χ1v) is 9.60. The number of hydrogen-bond donors (Lipinski definition) is 0. The van der Waals surface area contributed by atoms with Gasteiger partial charge in [-0.3, -0.25) is 4.90 Å². The van der Waals surface area contributed by atoms with E-state index >= 15 is 0 Å². The summed E-state index contributed by atoms with van der Waals surface area (Å²) in [6, 6.07) is 5.84. The third-order valence-electron chi connectivity index (χ3n) is 5.29.